The van der Waals surface area contributed by atoms with Crippen molar-refractivity contribution >= 4 is 11.8 Å². The molecule has 0 bridgehead atoms. The van der Waals surface area contributed by atoms with Gasteiger partial charge in [-0.15, -0.1) is 0 Å². The van der Waals surface area contributed by atoms with E-state index in [1.165, 1.54) is 15.4 Å². The first-order valence-electron chi connectivity index (χ1n) is 8.41. The lowest BCUT2D eigenvalue weighted by Gasteiger charge is -2.32. The minimum atomic E-state index is -0.120. The van der Waals surface area contributed by atoms with Gasteiger partial charge in [0.15, 0.2) is 6.04 Å². The number of imide groups is 1. The molecule has 2 heterocycles. The highest BCUT2D eigenvalue weighted by Gasteiger charge is 2.44. The summed E-state index contributed by atoms with van der Waals surface area (Å²) < 4.78 is 0. The lowest BCUT2D eigenvalue weighted by molar-refractivity contribution is -0.921. The summed E-state index contributed by atoms with van der Waals surface area (Å²) in [7, 11) is 0. The van der Waals surface area contributed by atoms with Crippen LogP contribution in [0.25, 0.3) is 0 Å². The molecule has 4 nitrogen and oxygen atoms in total. The zero-order chi connectivity index (χ0) is 15.5. The van der Waals surface area contributed by atoms with Crippen molar-refractivity contribution in [1.82, 2.24) is 4.90 Å². The Balaban J connectivity index is 1.54. The van der Waals surface area contributed by atoms with Crippen LogP contribution >= 0.6 is 0 Å². The van der Waals surface area contributed by atoms with E-state index in [2.05, 4.69) is 30.3 Å². The number of likely N-dealkylation sites (tertiary alicyclic amines) is 2. The van der Waals surface area contributed by atoms with Crippen molar-refractivity contribution in [1.29, 1.82) is 0 Å². The maximum atomic E-state index is 12.3. The fourth-order valence-corrected chi connectivity index (χ4v) is 3.88. The van der Waals surface area contributed by atoms with Gasteiger partial charge in [-0.05, 0) is 37.7 Å². The van der Waals surface area contributed by atoms with Crippen LogP contribution in [0.1, 0.15) is 31.7 Å². The number of quaternary nitrogens is 1. The minimum Gasteiger partial charge on any atom is -0.324 e. The first kappa shape index (κ1) is 15.2. The summed E-state index contributed by atoms with van der Waals surface area (Å²) in [4.78, 5) is 26.9. The van der Waals surface area contributed by atoms with E-state index in [1.54, 1.807) is 0 Å². The number of rotatable bonds is 4. The van der Waals surface area contributed by atoms with E-state index in [0.717, 1.165) is 32.4 Å². The average molecular weight is 301 g/mol. The number of carbonyl (C=O) groups is 2. The number of likely N-dealkylation sites (N-methyl/N-ethyl adjacent to an activating group) is 1. The molecule has 2 fully saturated rings. The third-order valence-corrected chi connectivity index (χ3v) is 5.17. The second-order valence-electron chi connectivity index (χ2n) is 6.52. The Hall–Kier alpha value is -1.68. The van der Waals surface area contributed by atoms with Gasteiger partial charge in [-0.25, -0.2) is 0 Å². The number of nitrogens with zero attached hydrogens (tertiary/aromatic N) is 1. The molecule has 0 saturated carbocycles. The molecule has 1 aromatic carbocycles. The fourth-order valence-electron chi connectivity index (χ4n) is 3.88. The summed E-state index contributed by atoms with van der Waals surface area (Å²) in [6.45, 7) is 4.41. The zero-order valence-electron chi connectivity index (χ0n) is 13.3. The van der Waals surface area contributed by atoms with E-state index >= 15 is 0 Å². The van der Waals surface area contributed by atoms with Crippen LogP contribution in [-0.4, -0.2) is 42.4 Å². The molecule has 0 spiro atoms. The van der Waals surface area contributed by atoms with Crippen molar-refractivity contribution in [2.24, 2.45) is 5.92 Å². The molecular formula is C18H25N2O2+. The molecule has 1 aromatic rings. The topological polar surface area (TPSA) is 41.8 Å². The monoisotopic (exact) mass is 301 g/mol. The summed E-state index contributed by atoms with van der Waals surface area (Å²) in [6, 6.07) is 10.5. The Kier molecular flexibility index (Phi) is 4.57. The maximum Gasteiger partial charge on any atom is 0.287 e. The molecule has 118 valence electrons. The van der Waals surface area contributed by atoms with Gasteiger partial charge in [0, 0.05) is 6.54 Å². The summed E-state index contributed by atoms with van der Waals surface area (Å²) in [5.41, 5.74) is 1.40. The van der Waals surface area contributed by atoms with E-state index in [4.69, 9.17) is 0 Å². The van der Waals surface area contributed by atoms with Crippen molar-refractivity contribution < 1.29 is 14.5 Å². The highest BCUT2D eigenvalue weighted by Crippen LogP contribution is 2.18. The molecule has 0 radical (unpaired) electrons. The van der Waals surface area contributed by atoms with Gasteiger partial charge >= 0.3 is 0 Å². The van der Waals surface area contributed by atoms with Crippen molar-refractivity contribution in [3.63, 3.8) is 0 Å². The molecule has 2 amide bonds. The number of hydrogen-bond donors (Lipinski definition) is 1. The highest BCUT2D eigenvalue weighted by atomic mass is 16.2. The molecule has 0 aliphatic carbocycles. The van der Waals surface area contributed by atoms with Gasteiger partial charge in [-0.1, -0.05) is 30.3 Å². The van der Waals surface area contributed by atoms with Crippen LogP contribution in [-0.2, 0) is 16.0 Å². The van der Waals surface area contributed by atoms with Crippen LogP contribution < -0.4 is 4.90 Å². The largest absolute Gasteiger partial charge is 0.324 e. The summed E-state index contributed by atoms with van der Waals surface area (Å²) in [5.74, 6) is 0.765. The fraction of sp³-hybridized carbons (Fsp3) is 0.556. The lowest BCUT2D eigenvalue weighted by atomic mass is 9.89. The molecule has 2 aliphatic rings. The molecule has 2 saturated heterocycles. The number of nitrogens with one attached hydrogen (secondary N) is 1. The first-order chi connectivity index (χ1) is 10.7. The highest BCUT2D eigenvalue weighted by molar-refractivity contribution is 6.04. The van der Waals surface area contributed by atoms with E-state index in [9.17, 15) is 9.59 Å². The smallest absolute Gasteiger partial charge is 0.287 e. The van der Waals surface area contributed by atoms with E-state index in [-0.39, 0.29) is 17.9 Å². The van der Waals surface area contributed by atoms with Crippen LogP contribution in [0.15, 0.2) is 30.3 Å². The molecule has 0 unspecified atom stereocenters. The molecular weight excluding hydrogens is 276 g/mol. The van der Waals surface area contributed by atoms with Gasteiger partial charge in [0.25, 0.3) is 5.91 Å². The number of benzene rings is 1. The van der Waals surface area contributed by atoms with E-state index < -0.39 is 0 Å². The third kappa shape index (κ3) is 3.07. The first-order valence-corrected chi connectivity index (χ1v) is 8.41. The van der Waals surface area contributed by atoms with Crippen LogP contribution in [0.5, 0.6) is 0 Å². The summed E-state index contributed by atoms with van der Waals surface area (Å²) in [5, 5.41) is 0. The number of piperidine rings is 1. The van der Waals surface area contributed by atoms with Crippen LogP contribution in [0.3, 0.4) is 0 Å². The normalized spacial score (nSPS) is 29.1. The van der Waals surface area contributed by atoms with Gasteiger partial charge in [-0.2, -0.15) is 0 Å². The Bertz CT molecular complexity index is 535. The van der Waals surface area contributed by atoms with Gasteiger partial charge < -0.3 is 4.90 Å². The predicted molar refractivity (Wildman–Crippen MR) is 84.4 cm³/mol. The molecule has 2 aliphatic heterocycles. The average Bonchev–Trinajstić information content (AvgIpc) is 2.83. The molecule has 22 heavy (non-hydrogen) atoms. The zero-order valence-corrected chi connectivity index (χ0v) is 13.3. The van der Waals surface area contributed by atoms with Crippen LogP contribution in [0, 0.1) is 5.92 Å². The number of carbonyl (C=O) groups excluding carboxylic acids is 2. The predicted octanol–water partition coefficient (Wildman–Crippen LogP) is 0.671. The van der Waals surface area contributed by atoms with Gasteiger partial charge in [0.1, 0.15) is 0 Å². The van der Waals surface area contributed by atoms with Crippen molar-refractivity contribution in [2.45, 2.75) is 38.6 Å². The minimum absolute atomic E-state index is 0.0106. The Morgan fingerprint density at radius 3 is 2.41 bits per heavy atom. The molecule has 0 aromatic heterocycles. The van der Waals surface area contributed by atoms with Gasteiger partial charge in [0.2, 0.25) is 5.91 Å². The SMILES string of the molecule is CCN1C(=O)C[C@@H]([NH+]2CCC(Cc3ccccc3)CC2)C1=O. The Labute approximate surface area is 132 Å². The number of amides is 2. The number of hydrogen-bond acceptors (Lipinski definition) is 2. The second kappa shape index (κ2) is 6.61. The van der Waals surface area contributed by atoms with Crippen LogP contribution in [0.4, 0.5) is 0 Å². The summed E-state index contributed by atoms with van der Waals surface area (Å²) >= 11 is 0. The second-order valence-corrected chi connectivity index (χ2v) is 6.52. The van der Waals surface area contributed by atoms with E-state index in [1.807, 2.05) is 6.92 Å². The molecule has 1 N–H and O–H groups in total. The van der Waals surface area contributed by atoms with Gasteiger partial charge in [0.05, 0.1) is 19.5 Å². The standard InChI is InChI=1S/C18H24N2O2/c1-2-20-17(21)13-16(18(20)22)19-10-8-15(9-11-19)12-14-6-4-3-5-7-14/h3-7,15-16H,2,8-13H2,1H3/p+1/t16-/m1/s1. The lowest BCUT2D eigenvalue weighted by Crippen LogP contribution is -3.17. The maximum absolute atomic E-state index is 12.3. The quantitative estimate of drug-likeness (QED) is 0.831. The molecule has 1 atom stereocenters. The summed E-state index contributed by atoms with van der Waals surface area (Å²) in [6.07, 6.45) is 3.83. The third-order valence-electron chi connectivity index (χ3n) is 5.17. The van der Waals surface area contributed by atoms with Crippen molar-refractivity contribution in [3.8, 4) is 0 Å². The Morgan fingerprint density at radius 2 is 1.82 bits per heavy atom. The molecule has 4 heteroatoms. The van der Waals surface area contributed by atoms with Crippen molar-refractivity contribution in [3.05, 3.63) is 35.9 Å². The Morgan fingerprint density at radius 1 is 1.14 bits per heavy atom. The van der Waals surface area contributed by atoms with Gasteiger partial charge in [-0.3, -0.25) is 14.5 Å². The molecule has 3 rings (SSSR count). The van der Waals surface area contributed by atoms with E-state index in [0.29, 0.717) is 18.9 Å². The van der Waals surface area contributed by atoms with Crippen molar-refractivity contribution in [2.75, 3.05) is 19.6 Å². The van der Waals surface area contributed by atoms with Crippen LogP contribution in [0.2, 0.25) is 0 Å².